The normalized spacial score (nSPS) is 12.6. The third kappa shape index (κ3) is 2.92. The smallest absolute Gasteiger partial charge is 0.0951 e. The first-order valence-corrected chi connectivity index (χ1v) is 6.49. The van der Waals surface area contributed by atoms with Crippen molar-refractivity contribution in [3.63, 3.8) is 0 Å². The van der Waals surface area contributed by atoms with Crippen molar-refractivity contribution in [2.75, 3.05) is 13.6 Å². The van der Waals surface area contributed by atoms with Gasteiger partial charge in [0, 0.05) is 17.1 Å². The largest absolute Gasteiger partial charge is 0.330 e. The SMILES string of the molecule is CNCC(C)Cn1cncc1-c1ccccc1Cl. The first kappa shape index (κ1) is 13.1. The number of aromatic nitrogens is 2. The van der Waals surface area contributed by atoms with Crippen molar-refractivity contribution in [3.8, 4) is 11.3 Å². The number of benzene rings is 1. The van der Waals surface area contributed by atoms with Crippen molar-refractivity contribution in [1.82, 2.24) is 14.9 Å². The minimum absolute atomic E-state index is 0.547. The lowest BCUT2D eigenvalue weighted by Gasteiger charge is -2.14. The molecule has 18 heavy (non-hydrogen) atoms. The Morgan fingerprint density at radius 3 is 2.89 bits per heavy atom. The molecule has 0 radical (unpaired) electrons. The van der Waals surface area contributed by atoms with Gasteiger partial charge in [0.25, 0.3) is 0 Å². The quantitative estimate of drug-likeness (QED) is 0.899. The van der Waals surface area contributed by atoms with Crippen LogP contribution in [-0.4, -0.2) is 23.1 Å². The summed E-state index contributed by atoms with van der Waals surface area (Å²) >= 11 is 6.23. The molecular formula is C14H18ClN3. The zero-order chi connectivity index (χ0) is 13.0. The summed E-state index contributed by atoms with van der Waals surface area (Å²) in [5, 5.41) is 3.96. The van der Waals surface area contributed by atoms with E-state index in [4.69, 9.17) is 11.6 Å². The minimum Gasteiger partial charge on any atom is -0.330 e. The van der Waals surface area contributed by atoms with Crippen LogP contribution in [-0.2, 0) is 6.54 Å². The van der Waals surface area contributed by atoms with Crippen LogP contribution in [0, 0.1) is 5.92 Å². The molecule has 96 valence electrons. The van der Waals surface area contributed by atoms with Gasteiger partial charge in [-0.2, -0.15) is 0 Å². The molecule has 0 aliphatic heterocycles. The first-order valence-electron chi connectivity index (χ1n) is 6.12. The Labute approximate surface area is 113 Å². The van der Waals surface area contributed by atoms with Crippen LogP contribution in [0.5, 0.6) is 0 Å². The van der Waals surface area contributed by atoms with E-state index in [9.17, 15) is 0 Å². The van der Waals surface area contributed by atoms with E-state index in [1.165, 1.54) is 0 Å². The molecule has 1 aromatic carbocycles. The lowest BCUT2D eigenvalue weighted by atomic mass is 10.1. The van der Waals surface area contributed by atoms with Crippen molar-refractivity contribution in [2.24, 2.45) is 5.92 Å². The molecule has 0 amide bonds. The van der Waals surface area contributed by atoms with E-state index in [0.717, 1.165) is 29.4 Å². The minimum atomic E-state index is 0.547. The number of hydrogen-bond donors (Lipinski definition) is 1. The van der Waals surface area contributed by atoms with Crippen LogP contribution in [0.4, 0.5) is 0 Å². The van der Waals surface area contributed by atoms with Crippen molar-refractivity contribution >= 4 is 11.6 Å². The van der Waals surface area contributed by atoms with Gasteiger partial charge < -0.3 is 9.88 Å². The van der Waals surface area contributed by atoms with Crippen LogP contribution >= 0.6 is 11.6 Å². The molecule has 3 nitrogen and oxygen atoms in total. The van der Waals surface area contributed by atoms with Gasteiger partial charge in [-0.25, -0.2) is 4.98 Å². The van der Waals surface area contributed by atoms with Crippen LogP contribution in [0.15, 0.2) is 36.8 Å². The third-order valence-corrected chi connectivity index (χ3v) is 3.25. The molecule has 0 aliphatic rings. The number of halogens is 1. The summed E-state index contributed by atoms with van der Waals surface area (Å²) in [5.41, 5.74) is 2.11. The highest BCUT2D eigenvalue weighted by Crippen LogP contribution is 2.27. The van der Waals surface area contributed by atoms with Crippen molar-refractivity contribution in [3.05, 3.63) is 41.8 Å². The Hall–Kier alpha value is -1.32. The molecule has 4 heteroatoms. The number of hydrogen-bond acceptors (Lipinski definition) is 2. The molecule has 0 saturated heterocycles. The molecule has 1 N–H and O–H groups in total. The maximum atomic E-state index is 6.23. The van der Waals surface area contributed by atoms with E-state index in [2.05, 4.69) is 21.8 Å². The summed E-state index contributed by atoms with van der Waals surface area (Å²) in [7, 11) is 1.97. The van der Waals surface area contributed by atoms with E-state index in [-0.39, 0.29) is 0 Å². The van der Waals surface area contributed by atoms with Gasteiger partial charge in [0.05, 0.1) is 18.2 Å². The van der Waals surface area contributed by atoms with Gasteiger partial charge in [0.15, 0.2) is 0 Å². The van der Waals surface area contributed by atoms with Gasteiger partial charge in [-0.15, -0.1) is 0 Å². The average molecular weight is 264 g/mol. The maximum absolute atomic E-state index is 6.23. The van der Waals surface area contributed by atoms with Gasteiger partial charge in [0.1, 0.15) is 0 Å². The molecule has 0 spiro atoms. The molecular weight excluding hydrogens is 246 g/mol. The summed E-state index contributed by atoms with van der Waals surface area (Å²) in [6, 6.07) is 7.87. The van der Waals surface area contributed by atoms with Crippen molar-refractivity contribution in [1.29, 1.82) is 0 Å². The summed E-state index contributed by atoms with van der Waals surface area (Å²) < 4.78 is 2.16. The van der Waals surface area contributed by atoms with E-state index in [0.29, 0.717) is 5.92 Å². The number of imidazole rings is 1. The van der Waals surface area contributed by atoms with Crippen molar-refractivity contribution < 1.29 is 0 Å². The van der Waals surface area contributed by atoms with Crippen LogP contribution in [0.2, 0.25) is 5.02 Å². The third-order valence-electron chi connectivity index (χ3n) is 2.92. The number of rotatable bonds is 5. The van der Waals surface area contributed by atoms with E-state index in [1.807, 2.05) is 43.8 Å². The topological polar surface area (TPSA) is 29.9 Å². The molecule has 0 aliphatic carbocycles. The molecule has 2 aromatic rings. The lowest BCUT2D eigenvalue weighted by Crippen LogP contribution is -2.20. The fraction of sp³-hybridized carbons (Fsp3) is 0.357. The van der Waals surface area contributed by atoms with Crippen molar-refractivity contribution in [2.45, 2.75) is 13.5 Å². The van der Waals surface area contributed by atoms with Crippen LogP contribution in [0.1, 0.15) is 6.92 Å². The van der Waals surface area contributed by atoms with E-state index < -0.39 is 0 Å². The fourth-order valence-electron chi connectivity index (χ4n) is 2.11. The molecule has 1 atom stereocenters. The predicted molar refractivity (Wildman–Crippen MR) is 75.8 cm³/mol. The van der Waals surface area contributed by atoms with Crippen LogP contribution < -0.4 is 5.32 Å². The van der Waals surface area contributed by atoms with Crippen LogP contribution in [0.3, 0.4) is 0 Å². The highest BCUT2D eigenvalue weighted by atomic mass is 35.5. The lowest BCUT2D eigenvalue weighted by molar-refractivity contribution is 0.464. The molecule has 1 aromatic heterocycles. The summed E-state index contributed by atoms with van der Waals surface area (Å²) in [4.78, 5) is 4.24. The Bertz CT molecular complexity index is 507. The number of nitrogens with one attached hydrogen (secondary N) is 1. The Balaban J connectivity index is 2.25. The Kier molecular flexibility index (Phi) is 4.39. The molecule has 2 rings (SSSR count). The van der Waals surface area contributed by atoms with Gasteiger partial charge in [-0.1, -0.05) is 36.7 Å². The van der Waals surface area contributed by atoms with Gasteiger partial charge in [0.2, 0.25) is 0 Å². The first-order chi connectivity index (χ1) is 8.72. The van der Waals surface area contributed by atoms with Gasteiger partial charge >= 0.3 is 0 Å². The Morgan fingerprint density at radius 1 is 1.39 bits per heavy atom. The highest BCUT2D eigenvalue weighted by molar-refractivity contribution is 6.33. The standard InChI is InChI=1S/C14H18ClN3/c1-11(7-16-2)9-18-10-17-8-14(18)12-5-3-4-6-13(12)15/h3-6,8,10-11,16H,7,9H2,1-2H3. The maximum Gasteiger partial charge on any atom is 0.0951 e. The number of nitrogens with zero attached hydrogens (tertiary/aromatic N) is 2. The zero-order valence-electron chi connectivity index (χ0n) is 10.7. The Morgan fingerprint density at radius 2 is 2.17 bits per heavy atom. The second-order valence-electron chi connectivity index (χ2n) is 4.57. The molecule has 0 saturated carbocycles. The van der Waals surface area contributed by atoms with Gasteiger partial charge in [-0.3, -0.25) is 0 Å². The molecule has 1 unspecified atom stereocenters. The molecule has 0 bridgehead atoms. The van der Waals surface area contributed by atoms with E-state index >= 15 is 0 Å². The summed E-state index contributed by atoms with van der Waals surface area (Å²) in [5.74, 6) is 0.547. The molecule has 0 fully saturated rings. The van der Waals surface area contributed by atoms with Gasteiger partial charge in [-0.05, 0) is 25.6 Å². The summed E-state index contributed by atoms with van der Waals surface area (Å²) in [6.45, 7) is 4.13. The zero-order valence-corrected chi connectivity index (χ0v) is 11.5. The molecule has 1 heterocycles. The van der Waals surface area contributed by atoms with E-state index in [1.54, 1.807) is 0 Å². The monoisotopic (exact) mass is 263 g/mol. The average Bonchev–Trinajstić information content (AvgIpc) is 2.78. The summed E-state index contributed by atoms with van der Waals surface area (Å²) in [6.07, 6.45) is 3.73. The highest BCUT2D eigenvalue weighted by Gasteiger charge is 2.10. The fourth-order valence-corrected chi connectivity index (χ4v) is 2.34. The second kappa shape index (κ2) is 6.03. The van der Waals surface area contributed by atoms with Crippen LogP contribution in [0.25, 0.3) is 11.3 Å². The second-order valence-corrected chi connectivity index (χ2v) is 4.98. The predicted octanol–water partition coefficient (Wildman–Crippen LogP) is 3.06.